The molecular formula is C16H16F3NO3S. The van der Waals surface area contributed by atoms with Gasteiger partial charge in [-0.1, -0.05) is 6.07 Å². The first-order chi connectivity index (χ1) is 11.5. The van der Waals surface area contributed by atoms with E-state index in [0.29, 0.717) is 5.75 Å². The van der Waals surface area contributed by atoms with Crippen molar-refractivity contribution in [3.63, 3.8) is 0 Å². The summed E-state index contributed by atoms with van der Waals surface area (Å²) in [6.07, 6.45) is -2.27. The van der Waals surface area contributed by atoms with Gasteiger partial charge in [-0.2, -0.15) is 13.2 Å². The third kappa shape index (κ3) is 4.85. The standard InChI is InChI=1S/C16H16F3NO3S/c17-16(18,19)10-23-13-4-1-3-12(7-13)22-8-11-9-24-15(20-11)14-5-2-6-21-14/h1,3-4,7,9,14H,2,5-6,8,10H2. The van der Waals surface area contributed by atoms with E-state index in [1.807, 2.05) is 5.38 Å². The maximum absolute atomic E-state index is 12.2. The van der Waals surface area contributed by atoms with Gasteiger partial charge in [0.05, 0.1) is 5.69 Å². The van der Waals surface area contributed by atoms with Crippen LogP contribution in [0.25, 0.3) is 0 Å². The van der Waals surface area contributed by atoms with E-state index in [2.05, 4.69) is 4.98 Å². The molecular weight excluding hydrogens is 343 g/mol. The molecule has 1 unspecified atom stereocenters. The van der Waals surface area contributed by atoms with Crippen molar-refractivity contribution in [2.75, 3.05) is 13.2 Å². The van der Waals surface area contributed by atoms with Crippen molar-refractivity contribution in [3.05, 3.63) is 40.3 Å². The lowest BCUT2D eigenvalue weighted by atomic mass is 10.2. The fourth-order valence-electron chi connectivity index (χ4n) is 2.29. The molecule has 130 valence electrons. The molecule has 0 N–H and O–H groups in total. The Hall–Kier alpha value is -1.80. The van der Waals surface area contributed by atoms with Crippen LogP contribution < -0.4 is 9.47 Å². The lowest BCUT2D eigenvalue weighted by Gasteiger charge is -2.10. The maximum Gasteiger partial charge on any atom is 0.422 e. The van der Waals surface area contributed by atoms with Gasteiger partial charge in [0.25, 0.3) is 0 Å². The summed E-state index contributed by atoms with van der Waals surface area (Å²) in [5, 5.41) is 2.84. The third-order valence-electron chi connectivity index (χ3n) is 3.37. The van der Waals surface area contributed by atoms with Crippen LogP contribution in [0.15, 0.2) is 29.6 Å². The van der Waals surface area contributed by atoms with Crippen molar-refractivity contribution in [1.82, 2.24) is 4.98 Å². The van der Waals surface area contributed by atoms with Crippen molar-refractivity contribution >= 4 is 11.3 Å². The molecule has 0 amide bonds. The van der Waals surface area contributed by atoms with Crippen LogP contribution in [0.1, 0.15) is 29.6 Å². The number of benzene rings is 1. The van der Waals surface area contributed by atoms with E-state index in [4.69, 9.17) is 14.2 Å². The van der Waals surface area contributed by atoms with Gasteiger partial charge in [0.15, 0.2) is 6.61 Å². The number of alkyl halides is 3. The monoisotopic (exact) mass is 359 g/mol. The Kier molecular flexibility index (Phi) is 5.25. The van der Waals surface area contributed by atoms with Crippen LogP contribution >= 0.6 is 11.3 Å². The zero-order valence-electron chi connectivity index (χ0n) is 12.7. The fourth-order valence-corrected chi connectivity index (χ4v) is 3.17. The first kappa shape index (κ1) is 17.0. The lowest BCUT2D eigenvalue weighted by molar-refractivity contribution is -0.153. The Morgan fingerprint density at radius 1 is 1.25 bits per heavy atom. The quantitative estimate of drug-likeness (QED) is 0.761. The molecule has 0 saturated carbocycles. The highest BCUT2D eigenvalue weighted by Gasteiger charge is 2.28. The summed E-state index contributed by atoms with van der Waals surface area (Å²) in [6, 6.07) is 6.13. The highest BCUT2D eigenvalue weighted by Crippen LogP contribution is 2.31. The molecule has 1 saturated heterocycles. The van der Waals surface area contributed by atoms with E-state index in [0.717, 1.165) is 30.2 Å². The molecule has 1 aliphatic heterocycles. The van der Waals surface area contributed by atoms with E-state index in [1.165, 1.54) is 23.5 Å². The molecule has 24 heavy (non-hydrogen) atoms. The van der Waals surface area contributed by atoms with Crippen LogP contribution in [-0.2, 0) is 11.3 Å². The van der Waals surface area contributed by atoms with Gasteiger partial charge in [0, 0.05) is 18.1 Å². The van der Waals surface area contributed by atoms with Gasteiger partial charge in [0.2, 0.25) is 0 Å². The van der Waals surface area contributed by atoms with Gasteiger partial charge < -0.3 is 14.2 Å². The Morgan fingerprint density at radius 3 is 2.75 bits per heavy atom. The average molecular weight is 359 g/mol. The van der Waals surface area contributed by atoms with Crippen LogP contribution in [0.2, 0.25) is 0 Å². The van der Waals surface area contributed by atoms with Gasteiger partial charge in [-0.05, 0) is 25.0 Å². The highest BCUT2D eigenvalue weighted by molar-refractivity contribution is 7.09. The highest BCUT2D eigenvalue weighted by atomic mass is 32.1. The number of halogens is 3. The fraction of sp³-hybridized carbons (Fsp3) is 0.438. The normalized spacial score (nSPS) is 17.9. The van der Waals surface area contributed by atoms with Crippen LogP contribution in [-0.4, -0.2) is 24.4 Å². The van der Waals surface area contributed by atoms with Gasteiger partial charge in [0.1, 0.15) is 29.2 Å². The largest absolute Gasteiger partial charge is 0.487 e. The minimum absolute atomic E-state index is 0.0721. The number of aromatic nitrogens is 1. The SMILES string of the molecule is FC(F)(F)COc1cccc(OCc2csc(C3CCCO3)n2)c1. The van der Waals surface area contributed by atoms with Crippen molar-refractivity contribution in [2.45, 2.75) is 31.7 Å². The molecule has 1 aromatic carbocycles. The number of hydrogen-bond donors (Lipinski definition) is 0. The van der Waals surface area contributed by atoms with Gasteiger partial charge in [-0.25, -0.2) is 4.98 Å². The molecule has 2 aromatic rings. The van der Waals surface area contributed by atoms with Crippen molar-refractivity contribution < 1.29 is 27.4 Å². The Bertz CT molecular complexity index is 669. The molecule has 0 radical (unpaired) electrons. The summed E-state index contributed by atoms with van der Waals surface area (Å²) in [5.74, 6) is 0.546. The summed E-state index contributed by atoms with van der Waals surface area (Å²) >= 11 is 1.53. The van der Waals surface area contributed by atoms with Crippen LogP contribution in [0.5, 0.6) is 11.5 Å². The van der Waals surface area contributed by atoms with Crippen LogP contribution in [0, 0.1) is 0 Å². The zero-order valence-corrected chi connectivity index (χ0v) is 13.5. The van der Waals surface area contributed by atoms with Crippen molar-refractivity contribution in [2.24, 2.45) is 0 Å². The molecule has 0 aliphatic carbocycles. The van der Waals surface area contributed by atoms with Crippen LogP contribution in [0.3, 0.4) is 0 Å². The predicted octanol–water partition coefficient (Wildman–Crippen LogP) is 4.51. The summed E-state index contributed by atoms with van der Waals surface area (Å²) in [7, 11) is 0. The smallest absolute Gasteiger partial charge is 0.422 e. The molecule has 8 heteroatoms. The predicted molar refractivity (Wildman–Crippen MR) is 82.4 cm³/mol. The first-order valence-electron chi connectivity index (χ1n) is 7.48. The van der Waals surface area contributed by atoms with E-state index >= 15 is 0 Å². The van der Waals surface area contributed by atoms with Crippen LogP contribution in [0.4, 0.5) is 13.2 Å². The number of hydrogen-bond acceptors (Lipinski definition) is 5. The van der Waals surface area contributed by atoms with Crippen molar-refractivity contribution in [1.29, 1.82) is 0 Å². The number of nitrogens with zero attached hydrogens (tertiary/aromatic N) is 1. The molecule has 0 spiro atoms. The second kappa shape index (κ2) is 7.40. The molecule has 4 nitrogen and oxygen atoms in total. The summed E-state index contributed by atoms with van der Waals surface area (Å²) in [6.45, 7) is -0.319. The number of thiazole rings is 1. The van der Waals surface area contributed by atoms with Gasteiger partial charge in [-0.15, -0.1) is 11.3 Å². The Labute approximate surface area is 141 Å². The Morgan fingerprint density at radius 2 is 2.04 bits per heavy atom. The number of ether oxygens (including phenoxy) is 3. The van der Waals surface area contributed by atoms with E-state index < -0.39 is 12.8 Å². The molecule has 3 rings (SSSR count). The zero-order chi connectivity index (χ0) is 17.0. The van der Waals surface area contributed by atoms with E-state index in [9.17, 15) is 13.2 Å². The third-order valence-corrected chi connectivity index (χ3v) is 4.35. The Balaban J connectivity index is 1.54. The average Bonchev–Trinajstić information content (AvgIpc) is 3.22. The molecule has 0 bridgehead atoms. The van der Waals surface area contributed by atoms with Crippen molar-refractivity contribution in [3.8, 4) is 11.5 Å². The summed E-state index contributed by atoms with van der Waals surface area (Å²) < 4.78 is 52.4. The van der Waals surface area contributed by atoms with Gasteiger partial charge >= 0.3 is 6.18 Å². The minimum Gasteiger partial charge on any atom is -0.487 e. The molecule has 1 fully saturated rings. The van der Waals surface area contributed by atoms with Gasteiger partial charge in [-0.3, -0.25) is 0 Å². The molecule has 1 atom stereocenters. The second-order valence-electron chi connectivity index (χ2n) is 5.35. The minimum atomic E-state index is -4.36. The molecule has 2 heterocycles. The number of rotatable bonds is 6. The summed E-state index contributed by atoms with van der Waals surface area (Å²) in [4.78, 5) is 4.49. The summed E-state index contributed by atoms with van der Waals surface area (Å²) in [5.41, 5.74) is 0.770. The molecule has 1 aromatic heterocycles. The van der Waals surface area contributed by atoms with E-state index in [-0.39, 0.29) is 18.5 Å². The second-order valence-corrected chi connectivity index (χ2v) is 6.24. The molecule has 1 aliphatic rings. The lowest BCUT2D eigenvalue weighted by Crippen LogP contribution is -2.19. The first-order valence-corrected chi connectivity index (χ1v) is 8.36. The van der Waals surface area contributed by atoms with E-state index in [1.54, 1.807) is 12.1 Å². The topological polar surface area (TPSA) is 40.6 Å². The maximum atomic E-state index is 12.2.